The molecule has 0 aliphatic rings. The molecule has 5 nitrogen and oxygen atoms in total. The van der Waals surface area contributed by atoms with E-state index in [0.717, 1.165) is 0 Å². The van der Waals surface area contributed by atoms with Crippen LogP contribution in [0.15, 0.2) is 4.42 Å². The number of aromatic nitrogens is 2. The SMILES string of the molecule is CC(C)[C@H](N)C(=O)c1nnc(C(C)(C)C)o1.Cl. The smallest absolute Gasteiger partial charge is 0.285 e. The van der Waals surface area contributed by atoms with Gasteiger partial charge in [-0.1, -0.05) is 34.6 Å². The minimum absolute atomic E-state index is 0. The molecule has 1 heterocycles. The maximum atomic E-state index is 11.8. The molecule has 6 heteroatoms. The number of ketones is 1. The van der Waals surface area contributed by atoms with E-state index in [4.69, 9.17) is 10.2 Å². The van der Waals surface area contributed by atoms with Gasteiger partial charge in [0.1, 0.15) is 0 Å². The maximum Gasteiger partial charge on any atom is 0.285 e. The molecule has 1 aromatic rings. The Morgan fingerprint density at radius 3 is 2.18 bits per heavy atom. The van der Waals surface area contributed by atoms with Crippen molar-refractivity contribution < 1.29 is 9.21 Å². The second-order valence-electron chi connectivity index (χ2n) is 5.30. The summed E-state index contributed by atoms with van der Waals surface area (Å²) in [4.78, 5) is 11.8. The molecular formula is C11H20ClN3O2. The summed E-state index contributed by atoms with van der Waals surface area (Å²) >= 11 is 0. The average Bonchev–Trinajstić information content (AvgIpc) is 2.63. The van der Waals surface area contributed by atoms with E-state index >= 15 is 0 Å². The minimum Gasteiger partial charge on any atom is -0.418 e. The van der Waals surface area contributed by atoms with Crippen molar-refractivity contribution in [2.24, 2.45) is 11.7 Å². The molecular weight excluding hydrogens is 242 g/mol. The van der Waals surface area contributed by atoms with Gasteiger partial charge >= 0.3 is 0 Å². The molecule has 0 bridgehead atoms. The number of nitrogens with zero attached hydrogens (tertiary/aromatic N) is 2. The van der Waals surface area contributed by atoms with Gasteiger partial charge in [0.2, 0.25) is 11.7 Å². The van der Waals surface area contributed by atoms with Crippen molar-refractivity contribution in [1.82, 2.24) is 10.2 Å². The first-order valence-electron chi connectivity index (χ1n) is 5.37. The minimum atomic E-state index is -0.590. The standard InChI is InChI=1S/C11H19N3O2.ClH/c1-6(2)7(12)8(15)9-13-14-10(16-9)11(3,4)5;/h6-7H,12H2,1-5H3;1H/t7-;/m0./s1. The van der Waals surface area contributed by atoms with E-state index in [-0.39, 0.29) is 35.4 Å². The zero-order valence-electron chi connectivity index (χ0n) is 10.9. The van der Waals surface area contributed by atoms with E-state index in [1.807, 2.05) is 34.6 Å². The second kappa shape index (κ2) is 5.60. The Hall–Kier alpha value is -0.940. The predicted octanol–water partition coefficient (Wildman–Crippen LogP) is 1.95. The van der Waals surface area contributed by atoms with Crippen molar-refractivity contribution in [3.63, 3.8) is 0 Å². The highest BCUT2D eigenvalue weighted by Gasteiger charge is 2.27. The summed E-state index contributed by atoms with van der Waals surface area (Å²) in [5.41, 5.74) is 5.48. The fourth-order valence-electron chi connectivity index (χ4n) is 1.07. The normalized spacial score (nSPS) is 13.4. The van der Waals surface area contributed by atoms with Gasteiger partial charge < -0.3 is 10.2 Å². The van der Waals surface area contributed by atoms with E-state index in [2.05, 4.69) is 10.2 Å². The van der Waals surface area contributed by atoms with Crippen molar-refractivity contribution in [2.75, 3.05) is 0 Å². The van der Waals surface area contributed by atoms with Gasteiger partial charge in [-0.05, 0) is 5.92 Å². The lowest BCUT2D eigenvalue weighted by Gasteiger charge is -2.12. The Morgan fingerprint density at radius 1 is 1.29 bits per heavy atom. The van der Waals surface area contributed by atoms with Crippen molar-refractivity contribution >= 4 is 18.2 Å². The third kappa shape index (κ3) is 3.78. The van der Waals surface area contributed by atoms with Gasteiger partial charge in [0.25, 0.3) is 5.89 Å². The van der Waals surface area contributed by atoms with Crippen LogP contribution in [-0.4, -0.2) is 22.0 Å². The van der Waals surface area contributed by atoms with Crippen LogP contribution in [-0.2, 0) is 5.41 Å². The largest absolute Gasteiger partial charge is 0.418 e. The highest BCUT2D eigenvalue weighted by molar-refractivity contribution is 5.96. The molecule has 0 radical (unpaired) electrons. The Labute approximate surface area is 108 Å². The summed E-state index contributed by atoms with van der Waals surface area (Å²) < 4.78 is 5.33. The summed E-state index contributed by atoms with van der Waals surface area (Å²) in [5, 5.41) is 7.60. The number of carbonyl (C=O) groups excluding carboxylic acids is 1. The number of nitrogens with two attached hydrogens (primary N) is 1. The highest BCUT2D eigenvalue weighted by atomic mass is 35.5. The van der Waals surface area contributed by atoms with E-state index in [1.54, 1.807) is 0 Å². The van der Waals surface area contributed by atoms with Gasteiger partial charge in [-0.2, -0.15) is 0 Å². The third-order valence-corrected chi connectivity index (χ3v) is 2.30. The van der Waals surface area contributed by atoms with Crippen LogP contribution in [0, 0.1) is 5.92 Å². The number of hydrogen-bond donors (Lipinski definition) is 1. The summed E-state index contributed by atoms with van der Waals surface area (Å²) in [7, 11) is 0. The Bertz CT molecular complexity index is 382. The van der Waals surface area contributed by atoms with Crippen LogP contribution in [0.4, 0.5) is 0 Å². The summed E-state index contributed by atoms with van der Waals surface area (Å²) in [6, 6.07) is -0.590. The van der Waals surface area contributed by atoms with E-state index in [0.29, 0.717) is 5.89 Å². The van der Waals surface area contributed by atoms with Crippen LogP contribution < -0.4 is 5.73 Å². The number of hydrogen-bond acceptors (Lipinski definition) is 5. The van der Waals surface area contributed by atoms with E-state index in [9.17, 15) is 4.79 Å². The van der Waals surface area contributed by atoms with Crippen molar-refractivity contribution in [1.29, 1.82) is 0 Å². The van der Waals surface area contributed by atoms with Crippen LogP contribution in [0.2, 0.25) is 0 Å². The molecule has 0 aromatic carbocycles. The lowest BCUT2D eigenvalue weighted by atomic mass is 9.97. The molecule has 1 rings (SSSR count). The summed E-state index contributed by atoms with van der Waals surface area (Å²) in [5.74, 6) is 0.216. The zero-order chi connectivity index (χ0) is 12.5. The first-order chi connectivity index (χ1) is 7.23. The predicted molar refractivity (Wildman–Crippen MR) is 67.4 cm³/mol. The molecule has 0 unspecified atom stereocenters. The van der Waals surface area contributed by atoms with E-state index in [1.165, 1.54) is 0 Å². The number of carbonyl (C=O) groups is 1. The summed E-state index contributed by atoms with van der Waals surface area (Å²) in [6.07, 6.45) is 0. The first-order valence-corrected chi connectivity index (χ1v) is 5.37. The van der Waals surface area contributed by atoms with Crippen LogP contribution in [0.25, 0.3) is 0 Å². The average molecular weight is 262 g/mol. The molecule has 0 fully saturated rings. The molecule has 0 saturated carbocycles. The molecule has 0 aliphatic heterocycles. The molecule has 1 atom stereocenters. The molecule has 2 N–H and O–H groups in total. The van der Waals surface area contributed by atoms with Gasteiger partial charge in [0.15, 0.2) is 0 Å². The zero-order valence-corrected chi connectivity index (χ0v) is 11.7. The highest BCUT2D eigenvalue weighted by Crippen LogP contribution is 2.20. The molecule has 1 aromatic heterocycles. The van der Waals surface area contributed by atoms with Crippen molar-refractivity contribution in [3.05, 3.63) is 11.8 Å². The Kier molecular flexibility index (Phi) is 5.29. The molecule has 0 aliphatic carbocycles. The topological polar surface area (TPSA) is 82.0 Å². The second-order valence-corrected chi connectivity index (χ2v) is 5.30. The Balaban J connectivity index is 0.00000256. The van der Waals surface area contributed by atoms with Gasteiger partial charge in [-0.25, -0.2) is 0 Å². The lowest BCUT2D eigenvalue weighted by Crippen LogP contribution is -2.35. The lowest BCUT2D eigenvalue weighted by molar-refractivity contribution is 0.0902. The number of Topliss-reactive ketones (excluding diaryl/α,β-unsaturated/α-hetero) is 1. The fraction of sp³-hybridized carbons (Fsp3) is 0.727. The van der Waals surface area contributed by atoms with Gasteiger partial charge in [-0.15, -0.1) is 22.6 Å². The van der Waals surface area contributed by atoms with Gasteiger partial charge in [-0.3, -0.25) is 4.79 Å². The number of rotatable bonds is 3. The van der Waals surface area contributed by atoms with Crippen LogP contribution in [0.1, 0.15) is 51.2 Å². The fourth-order valence-corrected chi connectivity index (χ4v) is 1.07. The molecule has 17 heavy (non-hydrogen) atoms. The van der Waals surface area contributed by atoms with Crippen molar-refractivity contribution in [3.8, 4) is 0 Å². The first kappa shape index (κ1) is 16.1. The maximum absolute atomic E-state index is 11.8. The van der Waals surface area contributed by atoms with Crippen LogP contribution in [0.3, 0.4) is 0 Å². The van der Waals surface area contributed by atoms with Crippen LogP contribution in [0.5, 0.6) is 0 Å². The van der Waals surface area contributed by atoms with Crippen molar-refractivity contribution in [2.45, 2.75) is 46.1 Å². The summed E-state index contributed by atoms with van der Waals surface area (Å²) in [6.45, 7) is 9.58. The third-order valence-electron chi connectivity index (χ3n) is 2.30. The van der Waals surface area contributed by atoms with Crippen LogP contribution >= 0.6 is 12.4 Å². The molecule has 98 valence electrons. The number of halogens is 1. The molecule has 0 spiro atoms. The van der Waals surface area contributed by atoms with E-state index < -0.39 is 6.04 Å². The van der Waals surface area contributed by atoms with Gasteiger partial charge in [0.05, 0.1) is 6.04 Å². The quantitative estimate of drug-likeness (QED) is 0.841. The molecule has 0 amide bonds. The monoisotopic (exact) mass is 261 g/mol. The Morgan fingerprint density at radius 2 is 1.82 bits per heavy atom. The molecule has 0 saturated heterocycles. The van der Waals surface area contributed by atoms with Gasteiger partial charge in [0, 0.05) is 5.41 Å².